The summed E-state index contributed by atoms with van der Waals surface area (Å²) in [7, 11) is 0. The topological polar surface area (TPSA) is 70.9 Å². The van der Waals surface area contributed by atoms with Gasteiger partial charge in [0.05, 0.1) is 17.1 Å². The van der Waals surface area contributed by atoms with Crippen LogP contribution in [0.4, 0.5) is 4.39 Å². The van der Waals surface area contributed by atoms with Gasteiger partial charge in [0.1, 0.15) is 11.6 Å². The number of halogens is 1. The molecular formula is C20H18FN3O2. The molecular weight excluding hydrogens is 333 g/mol. The first kappa shape index (κ1) is 16.3. The Labute approximate surface area is 149 Å². The SMILES string of the molecule is CC(NC(=O)CCc1nc2ccccc2[nH]1)c1cc2cccc(F)c2o1. The Morgan fingerprint density at radius 2 is 2.12 bits per heavy atom. The van der Waals surface area contributed by atoms with E-state index in [0.717, 1.165) is 16.9 Å². The van der Waals surface area contributed by atoms with Crippen molar-refractivity contribution in [2.24, 2.45) is 0 Å². The average Bonchev–Trinajstić information content (AvgIpc) is 3.24. The van der Waals surface area contributed by atoms with Gasteiger partial charge in [0, 0.05) is 18.2 Å². The van der Waals surface area contributed by atoms with Gasteiger partial charge in [-0.05, 0) is 31.2 Å². The van der Waals surface area contributed by atoms with Gasteiger partial charge in [-0.15, -0.1) is 0 Å². The van der Waals surface area contributed by atoms with Gasteiger partial charge in [0.15, 0.2) is 11.4 Å². The molecule has 0 aliphatic rings. The molecule has 0 aliphatic heterocycles. The second kappa shape index (κ2) is 6.63. The Balaban J connectivity index is 1.39. The fraction of sp³-hybridized carbons (Fsp3) is 0.200. The van der Waals surface area contributed by atoms with Crippen molar-refractivity contribution in [3.63, 3.8) is 0 Å². The van der Waals surface area contributed by atoms with E-state index >= 15 is 0 Å². The smallest absolute Gasteiger partial charge is 0.221 e. The van der Waals surface area contributed by atoms with Crippen molar-refractivity contribution in [3.8, 4) is 0 Å². The van der Waals surface area contributed by atoms with Crippen LogP contribution >= 0.6 is 0 Å². The maximum Gasteiger partial charge on any atom is 0.221 e. The summed E-state index contributed by atoms with van der Waals surface area (Å²) in [6.45, 7) is 1.81. The van der Waals surface area contributed by atoms with Gasteiger partial charge in [-0.25, -0.2) is 9.37 Å². The minimum Gasteiger partial charge on any atom is -0.456 e. The fourth-order valence-corrected chi connectivity index (χ4v) is 3.00. The van der Waals surface area contributed by atoms with Gasteiger partial charge in [-0.2, -0.15) is 0 Å². The van der Waals surface area contributed by atoms with Crippen LogP contribution in [-0.2, 0) is 11.2 Å². The molecule has 0 saturated carbocycles. The first-order valence-corrected chi connectivity index (χ1v) is 8.51. The number of fused-ring (bicyclic) bond motifs is 2. The molecule has 1 atom stereocenters. The van der Waals surface area contributed by atoms with Crippen LogP contribution < -0.4 is 5.32 Å². The van der Waals surface area contributed by atoms with Crippen LogP contribution in [0.25, 0.3) is 22.0 Å². The normalized spacial score (nSPS) is 12.5. The Hall–Kier alpha value is -3.15. The van der Waals surface area contributed by atoms with Gasteiger partial charge in [-0.1, -0.05) is 24.3 Å². The van der Waals surface area contributed by atoms with Crippen LogP contribution in [0.15, 0.2) is 52.9 Å². The lowest BCUT2D eigenvalue weighted by atomic mass is 10.2. The molecule has 2 aromatic carbocycles. The summed E-state index contributed by atoms with van der Waals surface area (Å²) in [6, 6.07) is 13.9. The van der Waals surface area contributed by atoms with E-state index in [2.05, 4.69) is 15.3 Å². The molecule has 4 rings (SSSR count). The molecule has 2 aromatic heterocycles. The summed E-state index contributed by atoms with van der Waals surface area (Å²) in [5.74, 6) is 0.790. The molecule has 5 nitrogen and oxygen atoms in total. The molecule has 0 fully saturated rings. The van der Waals surface area contributed by atoms with Gasteiger partial charge < -0.3 is 14.7 Å². The highest BCUT2D eigenvalue weighted by Crippen LogP contribution is 2.25. The lowest BCUT2D eigenvalue weighted by molar-refractivity contribution is -0.121. The van der Waals surface area contributed by atoms with E-state index in [-0.39, 0.29) is 17.5 Å². The Bertz CT molecular complexity index is 1050. The van der Waals surface area contributed by atoms with E-state index < -0.39 is 5.82 Å². The third kappa shape index (κ3) is 3.18. The Morgan fingerprint density at radius 3 is 2.92 bits per heavy atom. The fourth-order valence-electron chi connectivity index (χ4n) is 3.00. The maximum absolute atomic E-state index is 13.7. The van der Waals surface area contributed by atoms with Gasteiger partial charge in [-0.3, -0.25) is 4.79 Å². The summed E-state index contributed by atoms with van der Waals surface area (Å²) in [6.07, 6.45) is 0.820. The number of rotatable bonds is 5. The molecule has 1 amide bonds. The number of carbonyl (C=O) groups excluding carboxylic acids is 1. The standard InChI is InChI=1S/C20H18FN3O2/c1-12(17-11-13-5-4-6-14(21)20(13)26-17)22-19(25)10-9-18-23-15-7-2-3-8-16(15)24-18/h2-8,11-12H,9-10H2,1H3,(H,22,25)(H,23,24). The second-order valence-electron chi connectivity index (χ2n) is 6.30. The van der Waals surface area contributed by atoms with Crippen LogP contribution in [-0.4, -0.2) is 15.9 Å². The number of amides is 1. The Kier molecular flexibility index (Phi) is 4.16. The number of nitrogens with one attached hydrogen (secondary N) is 2. The number of aromatic amines is 1. The number of para-hydroxylation sites is 3. The average molecular weight is 351 g/mol. The number of benzene rings is 2. The van der Waals surface area contributed by atoms with Crippen LogP contribution in [0.5, 0.6) is 0 Å². The highest BCUT2D eigenvalue weighted by atomic mass is 19.1. The van der Waals surface area contributed by atoms with Crippen molar-refractivity contribution in [3.05, 3.63) is 65.9 Å². The summed E-state index contributed by atoms with van der Waals surface area (Å²) >= 11 is 0. The predicted molar refractivity (Wildman–Crippen MR) is 97.1 cm³/mol. The van der Waals surface area contributed by atoms with Crippen molar-refractivity contribution >= 4 is 27.9 Å². The number of hydrogen-bond donors (Lipinski definition) is 2. The van der Waals surface area contributed by atoms with Crippen molar-refractivity contribution in [1.29, 1.82) is 0 Å². The lowest BCUT2D eigenvalue weighted by Crippen LogP contribution is -2.26. The first-order valence-electron chi connectivity index (χ1n) is 8.51. The van der Waals surface area contributed by atoms with Crippen LogP contribution in [0.3, 0.4) is 0 Å². The summed E-state index contributed by atoms with van der Waals surface area (Å²) < 4.78 is 19.3. The molecule has 132 valence electrons. The summed E-state index contributed by atoms with van der Waals surface area (Å²) in [5.41, 5.74) is 2.06. The lowest BCUT2D eigenvalue weighted by Gasteiger charge is -2.10. The van der Waals surface area contributed by atoms with Gasteiger partial charge in [0.25, 0.3) is 0 Å². The van der Waals surface area contributed by atoms with Gasteiger partial charge >= 0.3 is 0 Å². The highest BCUT2D eigenvalue weighted by Gasteiger charge is 2.16. The number of H-pyrrole nitrogens is 1. The molecule has 0 radical (unpaired) electrons. The third-order valence-electron chi connectivity index (χ3n) is 4.35. The second-order valence-corrected chi connectivity index (χ2v) is 6.30. The minimum absolute atomic E-state index is 0.112. The number of aryl methyl sites for hydroxylation is 1. The van der Waals surface area contributed by atoms with Crippen molar-refractivity contribution in [1.82, 2.24) is 15.3 Å². The molecule has 0 aliphatic carbocycles. The maximum atomic E-state index is 13.7. The quantitative estimate of drug-likeness (QED) is 0.564. The zero-order chi connectivity index (χ0) is 18.1. The number of furan rings is 1. The number of nitrogens with zero attached hydrogens (tertiary/aromatic N) is 1. The highest BCUT2D eigenvalue weighted by molar-refractivity contribution is 5.80. The molecule has 2 heterocycles. The molecule has 26 heavy (non-hydrogen) atoms. The van der Waals surface area contributed by atoms with Crippen LogP contribution in [0.1, 0.15) is 31.0 Å². The Morgan fingerprint density at radius 1 is 1.27 bits per heavy atom. The van der Waals surface area contributed by atoms with E-state index in [0.29, 0.717) is 24.0 Å². The number of hydrogen-bond acceptors (Lipinski definition) is 3. The largest absolute Gasteiger partial charge is 0.456 e. The van der Waals surface area contributed by atoms with E-state index in [1.54, 1.807) is 18.2 Å². The van der Waals surface area contributed by atoms with E-state index in [1.165, 1.54) is 6.07 Å². The molecule has 0 saturated heterocycles. The monoisotopic (exact) mass is 351 g/mol. The molecule has 4 aromatic rings. The van der Waals surface area contributed by atoms with Crippen molar-refractivity contribution < 1.29 is 13.6 Å². The predicted octanol–water partition coefficient (Wildman–Crippen LogP) is 4.26. The summed E-state index contributed by atoms with van der Waals surface area (Å²) in [4.78, 5) is 19.9. The van der Waals surface area contributed by atoms with E-state index in [9.17, 15) is 9.18 Å². The van der Waals surface area contributed by atoms with Crippen LogP contribution in [0, 0.1) is 5.82 Å². The zero-order valence-electron chi connectivity index (χ0n) is 14.3. The molecule has 0 bridgehead atoms. The van der Waals surface area contributed by atoms with Gasteiger partial charge in [0.2, 0.25) is 5.91 Å². The first-order chi connectivity index (χ1) is 12.6. The van der Waals surface area contributed by atoms with Crippen molar-refractivity contribution in [2.75, 3.05) is 0 Å². The third-order valence-corrected chi connectivity index (χ3v) is 4.35. The van der Waals surface area contributed by atoms with E-state index in [1.807, 2.05) is 31.2 Å². The van der Waals surface area contributed by atoms with Crippen LogP contribution in [0.2, 0.25) is 0 Å². The molecule has 0 spiro atoms. The minimum atomic E-state index is -0.405. The van der Waals surface area contributed by atoms with E-state index in [4.69, 9.17) is 4.42 Å². The zero-order valence-corrected chi connectivity index (χ0v) is 14.3. The van der Waals surface area contributed by atoms with Crippen molar-refractivity contribution in [2.45, 2.75) is 25.8 Å². The number of imidazole rings is 1. The number of aromatic nitrogens is 2. The summed E-state index contributed by atoms with van der Waals surface area (Å²) in [5, 5.41) is 3.57. The molecule has 2 N–H and O–H groups in total. The number of carbonyl (C=O) groups is 1. The molecule has 6 heteroatoms. The molecule has 1 unspecified atom stereocenters.